The maximum atomic E-state index is 13.1. The molecule has 27 heavy (non-hydrogen) atoms. The van der Waals surface area contributed by atoms with E-state index in [1.807, 2.05) is 30.3 Å². The molecule has 0 aliphatic heterocycles. The molecule has 6 heteroatoms. The molecule has 1 aliphatic carbocycles. The first kappa shape index (κ1) is 17.6. The predicted molar refractivity (Wildman–Crippen MR) is 95.2 cm³/mol. The molecule has 3 aromatic rings. The first-order valence-electron chi connectivity index (χ1n) is 8.86. The Balaban J connectivity index is 1.66. The molecule has 1 unspecified atom stereocenters. The number of nitrogens with one attached hydrogen (secondary N) is 1. The first-order valence-corrected chi connectivity index (χ1v) is 8.86. The number of fused-ring (bicyclic) bond motifs is 3. The molecule has 4 rings (SSSR count). The van der Waals surface area contributed by atoms with E-state index in [9.17, 15) is 18.0 Å². The van der Waals surface area contributed by atoms with Crippen LogP contribution in [-0.2, 0) is 28.7 Å². The molecule has 0 saturated heterocycles. The zero-order valence-corrected chi connectivity index (χ0v) is 14.5. The quantitative estimate of drug-likeness (QED) is 0.629. The molecule has 0 fully saturated rings. The van der Waals surface area contributed by atoms with E-state index < -0.39 is 23.6 Å². The van der Waals surface area contributed by atoms with Crippen molar-refractivity contribution in [1.29, 1.82) is 0 Å². The first-order chi connectivity index (χ1) is 12.9. The van der Waals surface area contributed by atoms with Gasteiger partial charge in [0.2, 0.25) is 0 Å². The van der Waals surface area contributed by atoms with E-state index in [1.165, 1.54) is 6.07 Å². The number of aryl methyl sites for hydroxylation is 1. The van der Waals surface area contributed by atoms with Gasteiger partial charge >= 0.3 is 12.1 Å². The Morgan fingerprint density at radius 2 is 1.93 bits per heavy atom. The maximum absolute atomic E-state index is 13.1. The van der Waals surface area contributed by atoms with Crippen molar-refractivity contribution in [1.82, 2.24) is 4.98 Å². The summed E-state index contributed by atoms with van der Waals surface area (Å²) in [6, 6.07) is 13.0. The van der Waals surface area contributed by atoms with Crippen LogP contribution in [0.1, 0.15) is 41.1 Å². The van der Waals surface area contributed by atoms with Crippen molar-refractivity contribution in [3.63, 3.8) is 0 Å². The van der Waals surface area contributed by atoms with Gasteiger partial charge in [-0.2, -0.15) is 13.2 Å². The summed E-state index contributed by atoms with van der Waals surface area (Å²) >= 11 is 0. The van der Waals surface area contributed by atoms with Crippen molar-refractivity contribution >= 4 is 16.9 Å². The molecule has 1 heterocycles. The lowest BCUT2D eigenvalue weighted by Gasteiger charge is -2.22. The third-order valence-electron chi connectivity index (χ3n) is 5.02. The number of hydrogen-bond acceptors (Lipinski definition) is 2. The summed E-state index contributed by atoms with van der Waals surface area (Å²) in [5.74, 6) is -0.937. The molecule has 1 N–H and O–H groups in total. The van der Waals surface area contributed by atoms with Crippen LogP contribution < -0.4 is 0 Å². The number of rotatable bonds is 3. The number of benzene rings is 2. The summed E-state index contributed by atoms with van der Waals surface area (Å²) in [6.45, 7) is 0.154. The second kappa shape index (κ2) is 6.76. The van der Waals surface area contributed by atoms with Gasteiger partial charge in [-0.3, -0.25) is 4.79 Å². The highest BCUT2D eigenvalue weighted by Crippen LogP contribution is 2.40. The average molecular weight is 373 g/mol. The molecule has 1 aromatic heterocycles. The van der Waals surface area contributed by atoms with Gasteiger partial charge in [0, 0.05) is 16.6 Å². The minimum Gasteiger partial charge on any atom is -0.460 e. The molecule has 0 bridgehead atoms. The van der Waals surface area contributed by atoms with Crippen molar-refractivity contribution < 1.29 is 22.7 Å². The van der Waals surface area contributed by atoms with Gasteiger partial charge in [-0.05, 0) is 48.6 Å². The van der Waals surface area contributed by atoms with E-state index in [2.05, 4.69) is 4.98 Å². The van der Waals surface area contributed by atoms with Crippen LogP contribution in [0.4, 0.5) is 13.2 Å². The van der Waals surface area contributed by atoms with Gasteiger partial charge in [-0.15, -0.1) is 0 Å². The fourth-order valence-electron chi connectivity index (χ4n) is 3.73. The Morgan fingerprint density at radius 1 is 1.15 bits per heavy atom. The smallest absolute Gasteiger partial charge is 0.416 e. The number of aromatic amines is 1. The number of alkyl halides is 3. The van der Waals surface area contributed by atoms with Crippen molar-refractivity contribution in [3.8, 4) is 0 Å². The van der Waals surface area contributed by atoms with E-state index in [-0.39, 0.29) is 6.61 Å². The van der Waals surface area contributed by atoms with Gasteiger partial charge in [0.1, 0.15) is 6.61 Å². The number of esters is 1. The molecule has 1 atom stereocenters. The fraction of sp³-hybridized carbons (Fsp3) is 0.286. The zero-order valence-electron chi connectivity index (χ0n) is 14.5. The fourth-order valence-corrected chi connectivity index (χ4v) is 3.73. The molecule has 0 radical (unpaired) electrons. The van der Waals surface area contributed by atoms with E-state index in [1.54, 1.807) is 0 Å². The Bertz CT molecular complexity index is 976. The van der Waals surface area contributed by atoms with Gasteiger partial charge in [-0.1, -0.05) is 30.3 Å². The summed E-state index contributed by atoms with van der Waals surface area (Å²) < 4.78 is 44.8. The Kier molecular flexibility index (Phi) is 4.42. The molecular weight excluding hydrogens is 355 g/mol. The third kappa shape index (κ3) is 3.44. The van der Waals surface area contributed by atoms with Crippen molar-refractivity contribution in [3.05, 3.63) is 70.9 Å². The van der Waals surface area contributed by atoms with Crippen LogP contribution in [0, 0.1) is 0 Å². The summed E-state index contributed by atoms with van der Waals surface area (Å²) in [7, 11) is 0. The number of carbonyl (C=O) groups excluding carboxylic acids is 1. The number of H-pyrrole nitrogens is 1. The minimum absolute atomic E-state index is 0.154. The second-order valence-electron chi connectivity index (χ2n) is 6.81. The van der Waals surface area contributed by atoms with Gasteiger partial charge in [-0.25, -0.2) is 0 Å². The summed E-state index contributed by atoms with van der Waals surface area (Å²) in [6.07, 6.45) is -2.34. The number of hydrogen-bond donors (Lipinski definition) is 1. The van der Waals surface area contributed by atoms with Crippen LogP contribution in [0.15, 0.2) is 48.5 Å². The second-order valence-corrected chi connectivity index (χ2v) is 6.81. The van der Waals surface area contributed by atoms with Crippen LogP contribution in [-0.4, -0.2) is 11.0 Å². The molecule has 0 saturated carbocycles. The molecular formula is C21H18F3NO2. The molecule has 1 aliphatic rings. The number of aromatic nitrogens is 1. The number of carbonyl (C=O) groups is 1. The van der Waals surface area contributed by atoms with Crippen LogP contribution in [0.2, 0.25) is 0 Å². The SMILES string of the molecule is O=C(OCc1ccccc1)C1CCCc2[nH]c3ccc(C(F)(F)F)cc3c21. The Hall–Kier alpha value is -2.76. The molecule has 140 valence electrons. The monoisotopic (exact) mass is 373 g/mol. The zero-order chi connectivity index (χ0) is 19.0. The lowest BCUT2D eigenvalue weighted by atomic mass is 9.85. The molecule has 3 nitrogen and oxygen atoms in total. The molecule has 0 spiro atoms. The van der Waals surface area contributed by atoms with Gasteiger partial charge in [0.05, 0.1) is 11.5 Å². The lowest BCUT2D eigenvalue weighted by Crippen LogP contribution is -2.20. The average Bonchev–Trinajstić information content (AvgIpc) is 3.04. The largest absolute Gasteiger partial charge is 0.460 e. The topological polar surface area (TPSA) is 42.1 Å². The predicted octanol–water partition coefficient (Wildman–Crippen LogP) is 5.35. The van der Waals surface area contributed by atoms with Gasteiger partial charge in [0.25, 0.3) is 0 Å². The lowest BCUT2D eigenvalue weighted by molar-refractivity contribution is -0.147. The third-order valence-corrected chi connectivity index (χ3v) is 5.02. The van der Waals surface area contributed by atoms with Crippen LogP contribution in [0.5, 0.6) is 0 Å². The van der Waals surface area contributed by atoms with E-state index in [0.29, 0.717) is 29.3 Å². The Morgan fingerprint density at radius 3 is 2.67 bits per heavy atom. The van der Waals surface area contributed by atoms with Crippen molar-refractivity contribution in [2.45, 2.75) is 38.0 Å². The number of halogens is 3. The summed E-state index contributed by atoms with van der Waals surface area (Å²) in [5.41, 5.74) is 2.27. The van der Waals surface area contributed by atoms with E-state index >= 15 is 0 Å². The highest BCUT2D eigenvalue weighted by atomic mass is 19.4. The van der Waals surface area contributed by atoms with Crippen molar-refractivity contribution in [2.75, 3.05) is 0 Å². The Labute approximate surface area is 154 Å². The molecule has 0 amide bonds. The normalized spacial score (nSPS) is 16.9. The summed E-state index contributed by atoms with van der Waals surface area (Å²) in [5, 5.41) is 0.459. The van der Waals surface area contributed by atoms with E-state index in [0.717, 1.165) is 29.8 Å². The summed E-state index contributed by atoms with van der Waals surface area (Å²) in [4.78, 5) is 15.9. The van der Waals surface area contributed by atoms with Gasteiger partial charge in [0.15, 0.2) is 0 Å². The highest BCUT2D eigenvalue weighted by Gasteiger charge is 2.34. The van der Waals surface area contributed by atoms with Gasteiger partial charge < -0.3 is 9.72 Å². The van der Waals surface area contributed by atoms with Crippen LogP contribution in [0.25, 0.3) is 10.9 Å². The van der Waals surface area contributed by atoms with Crippen molar-refractivity contribution in [2.24, 2.45) is 0 Å². The minimum atomic E-state index is -4.42. The maximum Gasteiger partial charge on any atom is 0.416 e. The number of ether oxygens (including phenoxy) is 1. The standard InChI is InChI=1S/C21H18F3NO2/c22-21(23,24)14-9-10-17-16(11-14)19-15(7-4-8-18(19)25-17)20(26)27-12-13-5-2-1-3-6-13/h1-3,5-6,9-11,15,25H,4,7-8,12H2. The van der Waals surface area contributed by atoms with Crippen LogP contribution >= 0.6 is 0 Å². The van der Waals surface area contributed by atoms with E-state index in [4.69, 9.17) is 4.74 Å². The van der Waals surface area contributed by atoms with Crippen LogP contribution in [0.3, 0.4) is 0 Å². The molecule has 2 aromatic carbocycles. The highest BCUT2D eigenvalue weighted by molar-refractivity contribution is 5.92.